The van der Waals surface area contributed by atoms with Gasteiger partial charge in [-0.25, -0.2) is 4.79 Å². The van der Waals surface area contributed by atoms with Crippen molar-refractivity contribution < 1.29 is 19.1 Å². The number of nitrogens with one attached hydrogen (secondary N) is 1. The second-order valence-corrected chi connectivity index (χ2v) is 9.89. The molecular formula is C21H22BrN3O4S. The highest BCUT2D eigenvalue weighted by Gasteiger charge is 2.32. The number of rotatable bonds is 4. The van der Waals surface area contributed by atoms with Crippen LogP contribution in [0.3, 0.4) is 0 Å². The molecule has 0 radical (unpaired) electrons. The lowest BCUT2D eigenvalue weighted by molar-refractivity contribution is -0.117. The highest BCUT2D eigenvalue weighted by molar-refractivity contribution is 9.11. The van der Waals surface area contributed by atoms with Crippen LogP contribution in [0.4, 0.5) is 16.2 Å². The van der Waals surface area contributed by atoms with E-state index in [0.717, 1.165) is 33.6 Å². The van der Waals surface area contributed by atoms with Gasteiger partial charge in [0.05, 0.1) is 27.0 Å². The normalized spacial score (nSPS) is 19.6. The summed E-state index contributed by atoms with van der Waals surface area (Å²) in [5.74, 6) is -0.203. The molecule has 1 unspecified atom stereocenters. The molecule has 2 aliphatic heterocycles. The van der Waals surface area contributed by atoms with E-state index in [1.165, 1.54) is 11.3 Å². The van der Waals surface area contributed by atoms with Gasteiger partial charge in [-0.1, -0.05) is 0 Å². The van der Waals surface area contributed by atoms with Crippen LogP contribution in [0.1, 0.15) is 34.5 Å². The summed E-state index contributed by atoms with van der Waals surface area (Å²) in [4.78, 5) is 41.2. The average molecular weight is 492 g/mol. The number of cyclic esters (lactones) is 1. The fourth-order valence-corrected chi connectivity index (χ4v) is 5.07. The van der Waals surface area contributed by atoms with Gasteiger partial charge in [0.1, 0.15) is 0 Å². The zero-order chi connectivity index (χ0) is 21.3. The fraction of sp³-hybridized carbons (Fsp3) is 0.381. The first-order valence-corrected chi connectivity index (χ1v) is 11.4. The maximum Gasteiger partial charge on any atom is 0.414 e. The van der Waals surface area contributed by atoms with E-state index in [1.54, 1.807) is 15.9 Å². The van der Waals surface area contributed by atoms with Crippen LogP contribution in [-0.2, 0) is 9.53 Å². The lowest BCUT2D eigenvalue weighted by Gasteiger charge is -2.23. The molecule has 2 saturated heterocycles. The predicted molar refractivity (Wildman–Crippen MR) is 119 cm³/mol. The predicted octanol–water partition coefficient (Wildman–Crippen LogP) is 4.09. The van der Waals surface area contributed by atoms with Crippen LogP contribution in [0.15, 0.2) is 34.1 Å². The first-order valence-electron chi connectivity index (χ1n) is 9.84. The van der Waals surface area contributed by atoms with Gasteiger partial charge in [0.2, 0.25) is 5.91 Å². The topological polar surface area (TPSA) is 79.0 Å². The van der Waals surface area contributed by atoms with Crippen molar-refractivity contribution in [1.29, 1.82) is 0 Å². The first-order chi connectivity index (χ1) is 14.4. The number of ether oxygens (including phenoxy) is 1. The van der Waals surface area contributed by atoms with E-state index in [-0.39, 0.29) is 30.4 Å². The minimum Gasteiger partial charge on any atom is -0.449 e. The maximum atomic E-state index is 12.6. The lowest BCUT2D eigenvalue weighted by atomic mass is 10.1. The molecule has 7 nitrogen and oxygen atoms in total. The van der Waals surface area contributed by atoms with Crippen molar-refractivity contribution in [3.05, 3.63) is 44.6 Å². The molecule has 1 aromatic carbocycles. The first kappa shape index (κ1) is 20.9. The zero-order valence-corrected chi connectivity index (χ0v) is 18.9. The molecule has 0 spiro atoms. The Bertz CT molecular complexity index is 992. The SMILES string of the molecule is Cc1cc(N2CC(NC(=O)c3ccc(Br)s3)CC2=O)ccc1N1CCCCOC1=O. The molecule has 0 aliphatic carbocycles. The van der Waals surface area contributed by atoms with Crippen molar-refractivity contribution in [2.75, 3.05) is 29.5 Å². The van der Waals surface area contributed by atoms with Crippen molar-refractivity contribution in [3.8, 4) is 0 Å². The number of anilines is 2. The molecule has 9 heteroatoms. The summed E-state index contributed by atoms with van der Waals surface area (Å²) < 4.78 is 6.13. The van der Waals surface area contributed by atoms with Crippen molar-refractivity contribution in [1.82, 2.24) is 5.32 Å². The van der Waals surface area contributed by atoms with Crippen LogP contribution in [-0.4, -0.2) is 43.6 Å². The van der Waals surface area contributed by atoms with Gasteiger partial charge in [-0.05, 0) is 71.6 Å². The largest absolute Gasteiger partial charge is 0.449 e. The second kappa shape index (κ2) is 8.77. The average Bonchev–Trinajstić information content (AvgIpc) is 3.23. The number of benzene rings is 1. The van der Waals surface area contributed by atoms with Crippen molar-refractivity contribution >= 4 is 56.5 Å². The van der Waals surface area contributed by atoms with Gasteiger partial charge in [0, 0.05) is 25.2 Å². The van der Waals surface area contributed by atoms with Crippen LogP contribution in [0, 0.1) is 6.92 Å². The summed E-state index contributed by atoms with van der Waals surface area (Å²) in [5.41, 5.74) is 2.46. The zero-order valence-electron chi connectivity index (χ0n) is 16.5. The Morgan fingerprint density at radius 1 is 1.20 bits per heavy atom. The highest BCUT2D eigenvalue weighted by atomic mass is 79.9. The molecule has 30 heavy (non-hydrogen) atoms. The summed E-state index contributed by atoms with van der Waals surface area (Å²) in [6.07, 6.45) is 1.68. The number of carbonyl (C=O) groups excluding carboxylic acids is 3. The quantitative estimate of drug-likeness (QED) is 0.698. The Hall–Kier alpha value is -2.39. The van der Waals surface area contributed by atoms with E-state index in [1.807, 2.05) is 31.2 Å². The van der Waals surface area contributed by atoms with E-state index in [0.29, 0.717) is 24.6 Å². The van der Waals surface area contributed by atoms with Gasteiger partial charge in [0.25, 0.3) is 5.91 Å². The van der Waals surface area contributed by atoms with Gasteiger partial charge < -0.3 is 15.0 Å². The van der Waals surface area contributed by atoms with Crippen LogP contribution in [0.2, 0.25) is 0 Å². The van der Waals surface area contributed by atoms with E-state index in [2.05, 4.69) is 21.2 Å². The number of amides is 3. The Morgan fingerprint density at radius 3 is 2.77 bits per heavy atom. The summed E-state index contributed by atoms with van der Waals surface area (Å²) >= 11 is 4.72. The fourth-order valence-electron chi connectivity index (χ4n) is 3.78. The Morgan fingerprint density at radius 2 is 2.03 bits per heavy atom. The molecular weight excluding hydrogens is 470 g/mol. The highest BCUT2D eigenvalue weighted by Crippen LogP contribution is 2.30. The Labute approximate surface area is 187 Å². The van der Waals surface area contributed by atoms with E-state index < -0.39 is 0 Å². The molecule has 2 aliphatic rings. The molecule has 0 bridgehead atoms. The summed E-state index contributed by atoms with van der Waals surface area (Å²) in [5, 5.41) is 2.95. The van der Waals surface area contributed by atoms with Gasteiger partial charge >= 0.3 is 6.09 Å². The third kappa shape index (κ3) is 4.37. The standard InChI is InChI=1S/C21H22BrN3O4S/c1-13-10-15(4-5-16(13)24-8-2-3-9-29-21(24)28)25-12-14(11-19(25)26)23-20(27)17-6-7-18(22)30-17/h4-7,10,14H,2-3,8-9,11-12H2,1H3,(H,23,27). The van der Waals surface area contributed by atoms with Gasteiger partial charge in [-0.15, -0.1) is 11.3 Å². The molecule has 3 amide bonds. The van der Waals surface area contributed by atoms with Crippen molar-refractivity contribution in [2.45, 2.75) is 32.2 Å². The molecule has 2 aromatic rings. The summed E-state index contributed by atoms with van der Waals surface area (Å²) in [6.45, 7) is 3.41. The van der Waals surface area contributed by atoms with Gasteiger partial charge in [-0.2, -0.15) is 0 Å². The molecule has 2 fully saturated rings. The van der Waals surface area contributed by atoms with Crippen molar-refractivity contribution in [2.24, 2.45) is 0 Å². The lowest BCUT2D eigenvalue weighted by Crippen LogP contribution is -2.36. The van der Waals surface area contributed by atoms with E-state index in [4.69, 9.17) is 4.74 Å². The number of hydrogen-bond acceptors (Lipinski definition) is 5. The van der Waals surface area contributed by atoms with Crippen molar-refractivity contribution in [3.63, 3.8) is 0 Å². The summed E-state index contributed by atoms with van der Waals surface area (Å²) in [6, 6.07) is 8.96. The number of carbonyl (C=O) groups is 3. The minimum atomic E-state index is -0.330. The molecule has 0 saturated carbocycles. The van der Waals surface area contributed by atoms with E-state index in [9.17, 15) is 14.4 Å². The smallest absolute Gasteiger partial charge is 0.414 e. The van der Waals surface area contributed by atoms with Crippen LogP contribution >= 0.6 is 27.3 Å². The van der Waals surface area contributed by atoms with Gasteiger partial charge in [-0.3, -0.25) is 14.5 Å². The van der Waals surface area contributed by atoms with Crippen LogP contribution in [0.25, 0.3) is 0 Å². The monoisotopic (exact) mass is 491 g/mol. The Kier molecular flexibility index (Phi) is 6.10. The molecule has 1 N–H and O–H groups in total. The molecule has 1 aromatic heterocycles. The van der Waals surface area contributed by atoms with Crippen LogP contribution < -0.4 is 15.1 Å². The second-order valence-electron chi connectivity index (χ2n) is 7.43. The summed E-state index contributed by atoms with van der Waals surface area (Å²) in [7, 11) is 0. The van der Waals surface area contributed by atoms with Crippen LogP contribution in [0.5, 0.6) is 0 Å². The number of halogens is 1. The number of nitrogens with zero attached hydrogens (tertiary/aromatic N) is 2. The molecule has 158 valence electrons. The van der Waals surface area contributed by atoms with E-state index >= 15 is 0 Å². The van der Waals surface area contributed by atoms with Gasteiger partial charge in [0.15, 0.2) is 0 Å². The maximum absolute atomic E-state index is 12.6. The molecule has 3 heterocycles. The third-order valence-electron chi connectivity index (χ3n) is 5.26. The third-order valence-corrected chi connectivity index (χ3v) is 6.88. The Balaban J connectivity index is 1.46. The number of hydrogen-bond donors (Lipinski definition) is 1. The number of thiophene rings is 1. The number of aryl methyl sites for hydroxylation is 1. The molecule has 4 rings (SSSR count). The minimum absolute atomic E-state index is 0.0333. The molecule has 1 atom stereocenters.